The van der Waals surface area contributed by atoms with E-state index in [1.807, 2.05) is 0 Å². The molecule has 1 rings (SSSR count). The van der Waals surface area contributed by atoms with E-state index in [4.69, 9.17) is 4.74 Å². The minimum absolute atomic E-state index is 0.106. The lowest BCUT2D eigenvalue weighted by atomic mass is 10.1. The van der Waals surface area contributed by atoms with Crippen LogP contribution < -0.4 is 10.1 Å². The fourth-order valence-corrected chi connectivity index (χ4v) is 1.71. The number of non-ortho nitro benzene ring substituents is 1. The van der Waals surface area contributed by atoms with E-state index in [1.54, 1.807) is 12.1 Å². The maximum absolute atomic E-state index is 10.9. The van der Waals surface area contributed by atoms with E-state index in [9.17, 15) is 10.1 Å². The molecule has 0 spiro atoms. The molecule has 0 bridgehead atoms. The molecule has 0 saturated heterocycles. The first-order valence-electron chi connectivity index (χ1n) is 7.19. The molecule has 0 aromatic heterocycles. The maximum Gasteiger partial charge on any atom is 0.270 e. The van der Waals surface area contributed by atoms with Gasteiger partial charge in [-0.15, -0.1) is 0 Å². The summed E-state index contributed by atoms with van der Waals surface area (Å²) in [6.07, 6.45) is 2.08. The molecule has 0 aliphatic carbocycles. The molecule has 0 fully saturated rings. The van der Waals surface area contributed by atoms with Crippen LogP contribution in [0.15, 0.2) is 18.2 Å². The van der Waals surface area contributed by atoms with Gasteiger partial charge in [0.05, 0.1) is 11.5 Å². The largest absolute Gasteiger partial charge is 0.493 e. The summed E-state index contributed by atoms with van der Waals surface area (Å²) < 4.78 is 5.79. The lowest BCUT2D eigenvalue weighted by Crippen LogP contribution is -2.16. The fraction of sp³-hybridized carbons (Fsp3) is 0.600. The topological polar surface area (TPSA) is 64.4 Å². The Morgan fingerprint density at radius 2 is 2.15 bits per heavy atom. The molecule has 0 radical (unpaired) electrons. The Bertz CT molecular complexity index is 435. The molecule has 1 aromatic rings. The highest BCUT2D eigenvalue weighted by atomic mass is 16.6. The minimum atomic E-state index is -0.373. The molecule has 1 atom stereocenters. The number of ether oxygens (including phenoxy) is 1. The molecule has 0 aliphatic heterocycles. The van der Waals surface area contributed by atoms with Gasteiger partial charge in [0.2, 0.25) is 0 Å². The number of nitrogens with one attached hydrogen (secondary N) is 1. The van der Waals surface area contributed by atoms with Gasteiger partial charge in [-0.2, -0.15) is 0 Å². The molecule has 0 aliphatic rings. The van der Waals surface area contributed by atoms with Crippen LogP contribution in [-0.2, 0) is 6.54 Å². The lowest BCUT2D eigenvalue weighted by molar-refractivity contribution is -0.384. The van der Waals surface area contributed by atoms with Crippen LogP contribution in [0.4, 0.5) is 5.69 Å². The third-order valence-corrected chi connectivity index (χ3v) is 3.22. The SMILES string of the molecule is CCCNCc1cc([N+](=O)[O-])ccc1OCC(C)CC. The van der Waals surface area contributed by atoms with E-state index < -0.39 is 0 Å². The van der Waals surface area contributed by atoms with E-state index in [2.05, 4.69) is 26.1 Å². The van der Waals surface area contributed by atoms with Crippen molar-refractivity contribution in [1.82, 2.24) is 5.32 Å². The van der Waals surface area contributed by atoms with Crippen LogP contribution in [0, 0.1) is 16.0 Å². The molecule has 20 heavy (non-hydrogen) atoms. The van der Waals surface area contributed by atoms with Gasteiger partial charge in [-0.25, -0.2) is 0 Å². The highest BCUT2D eigenvalue weighted by molar-refractivity contribution is 5.43. The third-order valence-electron chi connectivity index (χ3n) is 3.22. The maximum atomic E-state index is 10.9. The van der Waals surface area contributed by atoms with Crippen LogP contribution in [0.25, 0.3) is 0 Å². The Kier molecular flexibility index (Phi) is 7.01. The predicted octanol–water partition coefficient (Wildman–Crippen LogP) is 3.52. The zero-order valence-corrected chi connectivity index (χ0v) is 12.5. The van der Waals surface area contributed by atoms with Crippen molar-refractivity contribution in [2.75, 3.05) is 13.2 Å². The van der Waals surface area contributed by atoms with Gasteiger partial charge in [-0.1, -0.05) is 27.2 Å². The Labute approximate surface area is 120 Å². The van der Waals surface area contributed by atoms with Crippen molar-refractivity contribution in [2.24, 2.45) is 5.92 Å². The molecule has 0 amide bonds. The molecule has 1 aromatic carbocycles. The van der Waals surface area contributed by atoms with Crippen molar-refractivity contribution in [3.05, 3.63) is 33.9 Å². The third kappa shape index (κ3) is 5.17. The zero-order valence-electron chi connectivity index (χ0n) is 12.5. The lowest BCUT2D eigenvalue weighted by Gasteiger charge is -2.14. The second kappa shape index (κ2) is 8.53. The van der Waals surface area contributed by atoms with Gasteiger partial charge in [0.1, 0.15) is 5.75 Å². The van der Waals surface area contributed by atoms with E-state index in [-0.39, 0.29) is 10.6 Å². The molecule has 5 nitrogen and oxygen atoms in total. The van der Waals surface area contributed by atoms with Gasteiger partial charge in [-0.3, -0.25) is 10.1 Å². The monoisotopic (exact) mass is 280 g/mol. The number of benzene rings is 1. The second-order valence-electron chi connectivity index (χ2n) is 5.05. The van der Waals surface area contributed by atoms with Gasteiger partial charge in [0.15, 0.2) is 0 Å². The Hall–Kier alpha value is -1.62. The minimum Gasteiger partial charge on any atom is -0.493 e. The number of hydrogen-bond donors (Lipinski definition) is 1. The predicted molar refractivity (Wildman–Crippen MR) is 80.0 cm³/mol. The number of hydrogen-bond acceptors (Lipinski definition) is 4. The molecular formula is C15H24N2O3. The molecule has 5 heteroatoms. The van der Waals surface area contributed by atoms with Crippen molar-refractivity contribution < 1.29 is 9.66 Å². The Balaban J connectivity index is 2.81. The first-order valence-corrected chi connectivity index (χ1v) is 7.19. The summed E-state index contributed by atoms with van der Waals surface area (Å²) in [4.78, 5) is 10.5. The van der Waals surface area contributed by atoms with Crippen molar-refractivity contribution >= 4 is 5.69 Å². The van der Waals surface area contributed by atoms with E-state index >= 15 is 0 Å². The van der Waals surface area contributed by atoms with Crippen LogP contribution in [-0.4, -0.2) is 18.1 Å². The van der Waals surface area contributed by atoms with Crippen molar-refractivity contribution in [2.45, 2.75) is 40.2 Å². The van der Waals surface area contributed by atoms with Gasteiger partial charge in [0.25, 0.3) is 5.69 Å². The van der Waals surface area contributed by atoms with Crippen LogP contribution in [0.1, 0.15) is 39.2 Å². The van der Waals surface area contributed by atoms with Crippen molar-refractivity contribution in [1.29, 1.82) is 0 Å². The Morgan fingerprint density at radius 3 is 2.75 bits per heavy atom. The summed E-state index contributed by atoms with van der Waals surface area (Å²) in [6, 6.07) is 4.79. The summed E-state index contributed by atoms with van der Waals surface area (Å²) in [5, 5.41) is 14.1. The second-order valence-corrected chi connectivity index (χ2v) is 5.05. The first kappa shape index (κ1) is 16.4. The van der Waals surface area contributed by atoms with Crippen LogP contribution in [0.3, 0.4) is 0 Å². The van der Waals surface area contributed by atoms with Crippen molar-refractivity contribution in [3.63, 3.8) is 0 Å². The first-order chi connectivity index (χ1) is 9.58. The van der Waals surface area contributed by atoms with E-state index in [0.717, 1.165) is 30.7 Å². The van der Waals surface area contributed by atoms with Crippen molar-refractivity contribution in [3.8, 4) is 5.75 Å². The smallest absolute Gasteiger partial charge is 0.270 e. The van der Waals surface area contributed by atoms with Crippen LogP contribution >= 0.6 is 0 Å². The number of nitro benzene ring substituents is 1. The van der Waals surface area contributed by atoms with Gasteiger partial charge in [0, 0.05) is 24.2 Å². The summed E-state index contributed by atoms with van der Waals surface area (Å²) in [5.41, 5.74) is 0.949. The summed E-state index contributed by atoms with van der Waals surface area (Å²) in [7, 11) is 0. The fourth-order valence-electron chi connectivity index (χ4n) is 1.71. The van der Waals surface area contributed by atoms with Gasteiger partial charge >= 0.3 is 0 Å². The average molecular weight is 280 g/mol. The summed E-state index contributed by atoms with van der Waals surface area (Å²) in [6.45, 7) is 8.43. The van der Waals surface area contributed by atoms with E-state index in [1.165, 1.54) is 6.07 Å². The standard InChI is InChI=1S/C15H24N2O3/c1-4-8-16-10-13-9-14(17(18)19)6-7-15(13)20-11-12(3)5-2/h6-7,9,12,16H,4-5,8,10-11H2,1-3H3. The summed E-state index contributed by atoms with van der Waals surface area (Å²) >= 11 is 0. The number of nitrogens with zero attached hydrogens (tertiary/aromatic N) is 1. The van der Waals surface area contributed by atoms with Crippen LogP contribution in [0.5, 0.6) is 5.75 Å². The van der Waals surface area contributed by atoms with Crippen LogP contribution in [0.2, 0.25) is 0 Å². The highest BCUT2D eigenvalue weighted by Gasteiger charge is 2.12. The quantitative estimate of drug-likeness (QED) is 0.427. The highest BCUT2D eigenvalue weighted by Crippen LogP contribution is 2.25. The van der Waals surface area contributed by atoms with Gasteiger partial charge < -0.3 is 10.1 Å². The molecule has 1 unspecified atom stereocenters. The molecule has 112 valence electrons. The Morgan fingerprint density at radius 1 is 1.40 bits per heavy atom. The van der Waals surface area contributed by atoms with E-state index in [0.29, 0.717) is 19.1 Å². The van der Waals surface area contributed by atoms with Gasteiger partial charge in [-0.05, 0) is 24.9 Å². The molecular weight excluding hydrogens is 256 g/mol. The molecule has 0 heterocycles. The molecule has 0 saturated carbocycles. The summed E-state index contributed by atoms with van der Waals surface area (Å²) in [5.74, 6) is 1.21. The number of nitro groups is 1. The normalized spacial score (nSPS) is 12.2. The zero-order chi connectivity index (χ0) is 15.0. The molecule has 1 N–H and O–H groups in total. The average Bonchev–Trinajstić information content (AvgIpc) is 2.45. The number of rotatable bonds is 9.